The molecule has 0 unspecified atom stereocenters. The smallest absolute Gasteiger partial charge is 0.266 e. The lowest BCUT2D eigenvalue weighted by Gasteiger charge is -2.05. The number of benzene rings is 2. The molecule has 5 nitrogen and oxygen atoms in total. The second kappa shape index (κ2) is 7.72. The van der Waals surface area contributed by atoms with Crippen molar-refractivity contribution in [3.8, 4) is 23.1 Å². The molecule has 0 aliphatic carbocycles. The summed E-state index contributed by atoms with van der Waals surface area (Å²) in [6.07, 6.45) is 1.36. The molecule has 3 aromatic rings. The zero-order valence-electron chi connectivity index (χ0n) is 13.4. The van der Waals surface area contributed by atoms with Crippen LogP contribution in [0.5, 0.6) is 5.75 Å². The van der Waals surface area contributed by atoms with E-state index in [2.05, 4.69) is 21.2 Å². The highest BCUT2D eigenvalue weighted by Gasteiger charge is 2.13. The lowest BCUT2D eigenvalue weighted by molar-refractivity contribution is -0.112. The first-order chi connectivity index (χ1) is 12.6. The van der Waals surface area contributed by atoms with Gasteiger partial charge >= 0.3 is 0 Å². The summed E-state index contributed by atoms with van der Waals surface area (Å²) in [6.45, 7) is 0. The fraction of sp³-hybridized carbons (Fsp3) is 0. The number of halogens is 1. The molecule has 2 N–H and O–H groups in total. The average molecular weight is 409 g/mol. The van der Waals surface area contributed by atoms with Crippen molar-refractivity contribution in [2.75, 3.05) is 5.32 Å². The summed E-state index contributed by atoms with van der Waals surface area (Å²) < 4.78 is 6.65. The molecule has 0 saturated carbocycles. The van der Waals surface area contributed by atoms with Gasteiger partial charge in [0, 0.05) is 16.1 Å². The number of furan rings is 1. The van der Waals surface area contributed by atoms with Crippen molar-refractivity contribution in [2.24, 2.45) is 0 Å². The Morgan fingerprint density at radius 2 is 1.85 bits per heavy atom. The number of hydrogen-bond donors (Lipinski definition) is 2. The third kappa shape index (κ3) is 4.02. The molecular formula is C20H13BrN2O3. The van der Waals surface area contributed by atoms with Crippen LogP contribution in [0.1, 0.15) is 5.76 Å². The number of phenols is 1. The quantitative estimate of drug-likeness (QED) is 0.362. The number of rotatable bonds is 4. The fourth-order valence-corrected chi connectivity index (χ4v) is 2.52. The van der Waals surface area contributed by atoms with Gasteiger partial charge in [-0.25, -0.2) is 0 Å². The lowest BCUT2D eigenvalue weighted by atomic mass is 10.2. The van der Waals surface area contributed by atoms with Crippen LogP contribution in [0, 0.1) is 11.3 Å². The first-order valence-electron chi connectivity index (χ1n) is 7.64. The summed E-state index contributed by atoms with van der Waals surface area (Å²) in [4.78, 5) is 12.3. The summed E-state index contributed by atoms with van der Waals surface area (Å²) in [6, 6.07) is 19.2. The monoisotopic (exact) mass is 408 g/mol. The molecule has 1 aromatic heterocycles. The van der Waals surface area contributed by atoms with Crippen molar-refractivity contribution in [2.45, 2.75) is 0 Å². The second-order valence-electron chi connectivity index (χ2n) is 5.35. The molecule has 0 atom stereocenters. The zero-order valence-corrected chi connectivity index (χ0v) is 15.0. The molecule has 1 amide bonds. The van der Waals surface area contributed by atoms with Crippen molar-refractivity contribution >= 4 is 33.6 Å². The van der Waals surface area contributed by atoms with Crippen LogP contribution in [0.4, 0.5) is 5.69 Å². The van der Waals surface area contributed by atoms with Crippen LogP contribution >= 0.6 is 15.9 Å². The maximum Gasteiger partial charge on any atom is 0.266 e. The van der Waals surface area contributed by atoms with Crippen molar-refractivity contribution < 1.29 is 14.3 Å². The van der Waals surface area contributed by atoms with Crippen molar-refractivity contribution in [3.63, 3.8) is 0 Å². The van der Waals surface area contributed by atoms with E-state index >= 15 is 0 Å². The van der Waals surface area contributed by atoms with Crippen molar-refractivity contribution in [1.82, 2.24) is 0 Å². The number of nitriles is 1. The summed E-state index contributed by atoms with van der Waals surface area (Å²) in [7, 11) is 0. The normalized spacial score (nSPS) is 11.0. The minimum Gasteiger partial charge on any atom is -0.506 e. The Bertz CT molecular complexity index is 1010. The van der Waals surface area contributed by atoms with Crippen LogP contribution in [0.25, 0.3) is 17.4 Å². The van der Waals surface area contributed by atoms with Gasteiger partial charge in [-0.1, -0.05) is 40.2 Å². The Morgan fingerprint density at radius 3 is 2.54 bits per heavy atom. The van der Waals surface area contributed by atoms with Gasteiger partial charge < -0.3 is 14.8 Å². The van der Waals surface area contributed by atoms with Gasteiger partial charge in [-0.15, -0.1) is 0 Å². The van der Waals surface area contributed by atoms with Crippen LogP contribution in [0.3, 0.4) is 0 Å². The average Bonchev–Trinajstić information content (AvgIpc) is 3.10. The largest absolute Gasteiger partial charge is 0.506 e. The molecule has 26 heavy (non-hydrogen) atoms. The molecule has 0 radical (unpaired) electrons. The zero-order chi connectivity index (χ0) is 18.5. The molecule has 2 aromatic carbocycles. The molecule has 0 bridgehead atoms. The molecular weight excluding hydrogens is 396 g/mol. The van der Waals surface area contributed by atoms with Gasteiger partial charge in [0.25, 0.3) is 5.91 Å². The van der Waals surface area contributed by atoms with E-state index in [4.69, 9.17) is 4.42 Å². The highest BCUT2D eigenvalue weighted by atomic mass is 79.9. The van der Waals surface area contributed by atoms with Gasteiger partial charge in [0.1, 0.15) is 28.9 Å². The van der Waals surface area contributed by atoms with Crippen LogP contribution in [-0.4, -0.2) is 11.0 Å². The first kappa shape index (κ1) is 17.5. The summed E-state index contributed by atoms with van der Waals surface area (Å²) in [5.74, 6) is 0.304. The number of nitrogens with one attached hydrogen (secondary N) is 1. The van der Waals surface area contributed by atoms with Crippen LogP contribution in [-0.2, 0) is 4.79 Å². The van der Waals surface area contributed by atoms with E-state index in [-0.39, 0.29) is 17.0 Å². The van der Waals surface area contributed by atoms with E-state index in [1.54, 1.807) is 30.3 Å². The van der Waals surface area contributed by atoms with Gasteiger partial charge in [-0.3, -0.25) is 4.79 Å². The molecule has 0 aliphatic heterocycles. The topological polar surface area (TPSA) is 86.3 Å². The Kier molecular flexibility index (Phi) is 5.20. The third-order valence-corrected chi connectivity index (χ3v) is 4.09. The molecule has 0 fully saturated rings. The number of aromatic hydroxyl groups is 1. The minimum absolute atomic E-state index is 0.0753. The lowest BCUT2D eigenvalue weighted by Crippen LogP contribution is -2.13. The predicted molar refractivity (Wildman–Crippen MR) is 102 cm³/mol. The Morgan fingerprint density at radius 1 is 1.12 bits per heavy atom. The van der Waals surface area contributed by atoms with Crippen LogP contribution in [0.2, 0.25) is 0 Å². The number of phenolic OH excluding ortho intramolecular Hbond substituents is 1. The summed E-state index contributed by atoms with van der Waals surface area (Å²) >= 11 is 3.38. The predicted octanol–water partition coefficient (Wildman–Crippen LogP) is 4.96. The van der Waals surface area contributed by atoms with Gasteiger partial charge in [0.2, 0.25) is 0 Å². The number of anilines is 1. The standard InChI is InChI=1S/C20H13BrN2O3/c21-15-7-5-13(6-8-15)19-10-9-16(26-19)11-14(12-22)20(25)23-17-3-1-2-4-18(17)24/h1-11,24H,(H,23,25)/b14-11+. The number of nitrogens with zero attached hydrogens (tertiary/aromatic N) is 1. The molecule has 0 saturated heterocycles. The Labute approximate surface area is 158 Å². The fourth-order valence-electron chi connectivity index (χ4n) is 2.26. The van der Waals surface area contributed by atoms with E-state index in [9.17, 15) is 15.2 Å². The van der Waals surface area contributed by atoms with E-state index in [0.717, 1.165) is 10.0 Å². The Hall–Kier alpha value is -3.30. The highest BCUT2D eigenvalue weighted by Crippen LogP contribution is 2.26. The van der Waals surface area contributed by atoms with Crippen molar-refractivity contribution in [3.05, 3.63) is 76.5 Å². The third-order valence-electron chi connectivity index (χ3n) is 3.56. The summed E-state index contributed by atoms with van der Waals surface area (Å²) in [5, 5.41) is 21.5. The van der Waals surface area contributed by atoms with Gasteiger partial charge in [-0.05, 0) is 36.4 Å². The maximum atomic E-state index is 12.3. The van der Waals surface area contributed by atoms with E-state index < -0.39 is 5.91 Å². The molecule has 3 rings (SSSR count). The van der Waals surface area contributed by atoms with E-state index in [0.29, 0.717) is 11.5 Å². The van der Waals surface area contributed by atoms with Crippen molar-refractivity contribution in [1.29, 1.82) is 5.26 Å². The number of carbonyl (C=O) groups excluding carboxylic acids is 1. The molecule has 128 valence electrons. The number of hydrogen-bond acceptors (Lipinski definition) is 4. The SMILES string of the molecule is N#C/C(=C\c1ccc(-c2ccc(Br)cc2)o1)C(=O)Nc1ccccc1O. The van der Waals surface area contributed by atoms with E-state index in [1.807, 2.05) is 30.3 Å². The van der Waals surface area contributed by atoms with Crippen LogP contribution < -0.4 is 5.32 Å². The van der Waals surface area contributed by atoms with Crippen LogP contribution in [0.15, 0.2) is 75.1 Å². The number of amides is 1. The van der Waals surface area contributed by atoms with Gasteiger partial charge in [-0.2, -0.15) is 5.26 Å². The number of para-hydroxylation sites is 2. The Balaban J connectivity index is 1.81. The number of carbonyl (C=O) groups is 1. The molecule has 1 heterocycles. The first-order valence-corrected chi connectivity index (χ1v) is 8.43. The second-order valence-corrected chi connectivity index (χ2v) is 6.27. The van der Waals surface area contributed by atoms with E-state index in [1.165, 1.54) is 12.1 Å². The molecule has 0 aliphatic rings. The molecule has 0 spiro atoms. The maximum absolute atomic E-state index is 12.3. The van der Waals surface area contributed by atoms with Gasteiger partial charge in [0.05, 0.1) is 5.69 Å². The minimum atomic E-state index is -0.629. The summed E-state index contributed by atoms with van der Waals surface area (Å²) in [5.41, 5.74) is 0.976. The molecule has 6 heteroatoms. The van der Waals surface area contributed by atoms with Gasteiger partial charge in [0.15, 0.2) is 0 Å². The highest BCUT2D eigenvalue weighted by molar-refractivity contribution is 9.10.